The molecule has 1 aliphatic heterocycles. The van der Waals surface area contributed by atoms with Crippen LogP contribution in [0.3, 0.4) is 0 Å². The van der Waals surface area contributed by atoms with Gasteiger partial charge in [-0.15, -0.1) is 0 Å². The number of ether oxygens (including phenoxy) is 1. The SMILES string of the molecule is COc1ccc2ccccc2c1C=NN1C(=O)c2ccccc2C1=O. The second-order valence-corrected chi connectivity index (χ2v) is 5.61. The third kappa shape index (κ3) is 2.37. The molecule has 0 bridgehead atoms. The first-order chi connectivity index (χ1) is 12.2. The van der Waals surface area contributed by atoms with Crippen LogP contribution in [0.25, 0.3) is 10.8 Å². The van der Waals surface area contributed by atoms with E-state index in [1.807, 2.05) is 36.4 Å². The number of nitrogens with zero attached hydrogens (tertiary/aromatic N) is 2. The van der Waals surface area contributed by atoms with Crippen molar-refractivity contribution in [3.05, 3.63) is 77.4 Å². The molecule has 0 N–H and O–H groups in total. The van der Waals surface area contributed by atoms with Gasteiger partial charge in [0.15, 0.2) is 0 Å². The van der Waals surface area contributed by atoms with Gasteiger partial charge in [0.2, 0.25) is 0 Å². The Labute approximate surface area is 144 Å². The van der Waals surface area contributed by atoms with Crippen molar-refractivity contribution in [1.29, 1.82) is 0 Å². The number of hydrogen-bond donors (Lipinski definition) is 0. The first-order valence-corrected chi connectivity index (χ1v) is 7.78. The molecule has 3 aromatic carbocycles. The zero-order valence-electron chi connectivity index (χ0n) is 13.5. The van der Waals surface area contributed by atoms with Crippen molar-refractivity contribution in [2.45, 2.75) is 0 Å². The molecule has 1 heterocycles. The highest BCUT2D eigenvalue weighted by molar-refractivity contribution is 6.21. The van der Waals surface area contributed by atoms with Crippen LogP contribution in [0.1, 0.15) is 26.3 Å². The van der Waals surface area contributed by atoms with Gasteiger partial charge in [-0.2, -0.15) is 10.1 Å². The number of fused-ring (bicyclic) bond motifs is 2. The summed E-state index contributed by atoms with van der Waals surface area (Å²) in [6, 6.07) is 18.3. The summed E-state index contributed by atoms with van der Waals surface area (Å²) >= 11 is 0. The van der Waals surface area contributed by atoms with Gasteiger partial charge in [0, 0.05) is 5.56 Å². The summed E-state index contributed by atoms with van der Waals surface area (Å²) in [6.07, 6.45) is 1.50. The van der Waals surface area contributed by atoms with Gasteiger partial charge in [-0.1, -0.05) is 42.5 Å². The maximum atomic E-state index is 12.4. The van der Waals surface area contributed by atoms with Gasteiger partial charge in [0.1, 0.15) is 5.75 Å². The van der Waals surface area contributed by atoms with E-state index in [0.717, 1.165) is 21.3 Å². The van der Waals surface area contributed by atoms with E-state index >= 15 is 0 Å². The fourth-order valence-electron chi connectivity index (χ4n) is 2.98. The molecule has 3 aromatic rings. The molecule has 0 fully saturated rings. The van der Waals surface area contributed by atoms with Crippen LogP contribution < -0.4 is 4.74 Å². The lowest BCUT2D eigenvalue weighted by molar-refractivity contribution is 0.0660. The first-order valence-electron chi connectivity index (χ1n) is 7.78. The predicted octanol–water partition coefficient (Wildman–Crippen LogP) is 3.48. The van der Waals surface area contributed by atoms with Crippen LogP contribution in [-0.4, -0.2) is 30.1 Å². The van der Waals surface area contributed by atoms with Crippen LogP contribution in [0, 0.1) is 0 Å². The monoisotopic (exact) mass is 330 g/mol. The van der Waals surface area contributed by atoms with Crippen LogP contribution in [0.5, 0.6) is 5.75 Å². The minimum Gasteiger partial charge on any atom is -0.496 e. The van der Waals surface area contributed by atoms with E-state index in [2.05, 4.69) is 5.10 Å². The maximum Gasteiger partial charge on any atom is 0.282 e. The van der Waals surface area contributed by atoms with Crippen molar-refractivity contribution in [3.8, 4) is 5.75 Å². The smallest absolute Gasteiger partial charge is 0.282 e. The highest BCUT2D eigenvalue weighted by atomic mass is 16.5. The summed E-state index contributed by atoms with van der Waals surface area (Å²) in [5, 5.41) is 7.01. The molecule has 1 aliphatic rings. The van der Waals surface area contributed by atoms with Gasteiger partial charge in [0.25, 0.3) is 11.8 Å². The zero-order valence-corrected chi connectivity index (χ0v) is 13.5. The number of hydrazone groups is 1. The number of amides is 2. The fraction of sp³-hybridized carbons (Fsp3) is 0.0500. The van der Waals surface area contributed by atoms with Crippen molar-refractivity contribution in [1.82, 2.24) is 5.01 Å². The Morgan fingerprint density at radius 2 is 1.52 bits per heavy atom. The third-order valence-corrected chi connectivity index (χ3v) is 4.23. The van der Waals surface area contributed by atoms with Crippen molar-refractivity contribution >= 4 is 28.8 Å². The minimum absolute atomic E-state index is 0.370. The molecule has 2 amide bonds. The lowest BCUT2D eigenvalue weighted by Crippen LogP contribution is -2.24. The summed E-state index contributed by atoms with van der Waals surface area (Å²) in [4.78, 5) is 24.8. The molecule has 0 aromatic heterocycles. The average Bonchev–Trinajstić information content (AvgIpc) is 2.90. The fourth-order valence-corrected chi connectivity index (χ4v) is 2.98. The molecule has 0 atom stereocenters. The van der Waals surface area contributed by atoms with Crippen LogP contribution in [0.2, 0.25) is 0 Å². The molecule has 0 aliphatic carbocycles. The van der Waals surface area contributed by atoms with Crippen LogP contribution in [0.4, 0.5) is 0 Å². The van der Waals surface area contributed by atoms with Crippen LogP contribution in [0.15, 0.2) is 65.8 Å². The topological polar surface area (TPSA) is 59.0 Å². The van der Waals surface area contributed by atoms with Gasteiger partial charge in [-0.3, -0.25) is 9.59 Å². The van der Waals surface area contributed by atoms with E-state index in [9.17, 15) is 9.59 Å². The molecule has 0 radical (unpaired) electrons. The van der Waals surface area contributed by atoms with E-state index in [-0.39, 0.29) is 0 Å². The number of methoxy groups -OCH3 is 1. The Kier molecular flexibility index (Phi) is 3.54. The number of benzene rings is 3. The molecule has 0 spiro atoms. The molecule has 0 saturated carbocycles. The number of rotatable bonds is 3. The van der Waals surface area contributed by atoms with Crippen LogP contribution >= 0.6 is 0 Å². The van der Waals surface area contributed by atoms with Gasteiger partial charge in [0.05, 0.1) is 24.5 Å². The van der Waals surface area contributed by atoms with Gasteiger partial charge in [-0.05, 0) is 29.0 Å². The Morgan fingerprint density at radius 1 is 0.880 bits per heavy atom. The molecule has 25 heavy (non-hydrogen) atoms. The first kappa shape index (κ1) is 15.1. The summed E-state index contributed by atoms with van der Waals surface area (Å²) in [5.74, 6) is -0.217. The number of imide groups is 1. The van der Waals surface area contributed by atoms with Crippen LogP contribution in [-0.2, 0) is 0 Å². The maximum absolute atomic E-state index is 12.4. The molecule has 0 saturated heterocycles. The third-order valence-electron chi connectivity index (χ3n) is 4.23. The minimum atomic E-state index is -0.420. The summed E-state index contributed by atoms with van der Waals surface area (Å²) in [6.45, 7) is 0. The summed E-state index contributed by atoms with van der Waals surface area (Å²) in [7, 11) is 1.57. The second-order valence-electron chi connectivity index (χ2n) is 5.61. The van der Waals surface area contributed by atoms with Gasteiger partial charge >= 0.3 is 0 Å². The Balaban J connectivity index is 1.78. The second kappa shape index (κ2) is 5.87. The molecule has 4 rings (SSSR count). The van der Waals surface area contributed by atoms with Gasteiger partial charge < -0.3 is 4.74 Å². The normalized spacial score (nSPS) is 13.7. The lowest BCUT2D eigenvalue weighted by Gasteiger charge is -2.10. The largest absolute Gasteiger partial charge is 0.496 e. The predicted molar refractivity (Wildman–Crippen MR) is 95.0 cm³/mol. The Hall–Kier alpha value is -3.47. The quantitative estimate of drug-likeness (QED) is 0.546. The highest BCUT2D eigenvalue weighted by Crippen LogP contribution is 2.27. The van der Waals surface area contributed by atoms with E-state index in [4.69, 9.17) is 4.74 Å². The van der Waals surface area contributed by atoms with Crippen molar-refractivity contribution < 1.29 is 14.3 Å². The molecular formula is C20H14N2O3. The van der Waals surface area contributed by atoms with Crippen molar-refractivity contribution in [3.63, 3.8) is 0 Å². The Morgan fingerprint density at radius 3 is 2.20 bits per heavy atom. The lowest BCUT2D eigenvalue weighted by atomic mass is 10.0. The zero-order chi connectivity index (χ0) is 17.4. The number of hydrogen-bond acceptors (Lipinski definition) is 4. The number of carbonyl (C=O) groups excluding carboxylic acids is 2. The van der Waals surface area contributed by atoms with Gasteiger partial charge in [-0.25, -0.2) is 0 Å². The van der Waals surface area contributed by atoms with E-state index in [1.54, 1.807) is 31.4 Å². The molecular weight excluding hydrogens is 316 g/mol. The summed E-state index contributed by atoms with van der Waals surface area (Å²) in [5.41, 5.74) is 1.46. The number of carbonyl (C=O) groups is 2. The summed E-state index contributed by atoms with van der Waals surface area (Å²) < 4.78 is 5.40. The molecule has 5 nitrogen and oxygen atoms in total. The van der Waals surface area contributed by atoms with Crippen molar-refractivity contribution in [2.75, 3.05) is 7.11 Å². The van der Waals surface area contributed by atoms with Crippen molar-refractivity contribution in [2.24, 2.45) is 5.10 Å². The van der Waals surface area contributed by atoms with E-state index in [1.165, 1.54) is 6.21 Å². The standard InChI is InChI=1S/C20H14N2O3/c1-25-18-11-10-13-6-2-3-7-14(13)17(18)12-21-22-19(23)15-8-4-5-9-16(15)20(22)24/h2-12H,1H3. The molecule has 5 heteroatoms. The molecule has 122 valence electrons. The highest BCUT2D eigenvalue weighted by Gasteiger charge is 2.35. The Bertz CT molecular complexity index is 1010. The average molecular weight is 330 g/mol. The van der Waals surface area contributed by atoms with E-state index in [0.29, 0.717) is 16.9 Å². The molecule has 0 unspecified atom stereocenters. The van der Waals surface area contributed by atoms with E-state index < -0.39 is 11.8 Å².